The summed E-state index contributed by atoms with van der Waals surface area (Å²) in [5, 5.41) is 9.50. The average Bonchev–Trinajstić information content (AvgIpc) is 3.11. The van der Waals surface area contributed by atoms with Gasteiger partial charge in [0.15, 0.2) is 11.5 Å². The third-order valence-electron chi connectivity index (χ3n) is 4.73. The predicted octanol–water partition coefficient (Wildman–Crippen LogP) is 3.59. The van der Waals surface area contributed by atoms with Crippen molar-refractivity contribution in [2.45, 2.75) is 18.8 Å². The zero-order valence-electron chi connectivity index (χ0n) is 14.3. The number of aromatic carboxylic acids is 1. The molecule has 1 fully saturated rings. The molecule has 0 bridgehead atoms. The molecule has 1 amide bonds. The first-order chi connectivity index (χ1) is 13.0. The van der Waals surface area contributed by atoms with Gasteiger partial charge in [0, 0.05) is 30.2 Å². The van der Waals surface area contributed by atoms with Gasteiger partial charge in [-0.1, -0.05) is 11.6 Å². The van der Waals surface area contributed by atoms with E-state index in [1.807, 2.05) is 0 Å². The molecule has 1 saturated heterocycles. The zero-order valence-corrected chi connectivity index (χ0v) is 15.0. The molecule has 8 heteroatoms. The van der Waals surface area contributed by atoms with Gasteiger partial charge in [-0.3, -0.25) is 4.79 Å². The molecule has 27 heavy (non-hydrogen) atoms. The number of piperidine rings is 1. The van der Waals surface area contributed by atoms with Crippen LogP contribution in [0, 0.1) is 0 Å². The number of amides is 1. The van der Waals surface area contributed by atoms with Crippen LogP contribution in [0.5, 0.6) is 0 Å². The maximum Gasteiger partial charge on any atom is 0.354 e. The van der Waals surface area contributed by atoms with Gasteiger partial charge in [-0.2, -0.15) is 0 Å². The van der Waals surface area contributed by atoms with Crippen molar-refractivity contribution in [1.82, 2.24) is 14.9 Å². The Morgan fingerprint density at radius 3 is 2.63 bits per heavy atom. The molecule has 0 unspecified atom stereocenters. The second-order valence-electron chi connectivity index (χ2n) is 6.47. The first kappa shape index (κ1) is 17.5. The van der Waals surface area contributed by atoms with Crippen molar-refractivity contribution in [3.8, 4) is 0 Å². The van der Waals surface area contributed by atoms with Gasteiger partial charge in [0.1, 0.15) is 11.2 Å². The molecule has 0 aliphatic carbocycles. The highest BCUT2D eigenvalue weighted by molar-refractivity contribution is 6.31. The summed E-state index contributed by atoms with van der Waals surface area (Å²) in [6, 6.07) is 8.18. The van der Waals surface area contributed by atoms with Crippen molar-refractivity contribution in [2.24, 2.45) is 0 Å². The summed E-state index contributed by atoms with van der Waals surface area (Å²) in [6.07, 6.45) is 2.79. The van der Waals surface area contributed by atoms with Crippen LogP contribution in [0.3, 0.4) is 0 Å². The second kappa shape index (κ2) is 7.00. The Kier molecular flexibility index (Phi) is 4.53. The van der Waals surface area contributed by atoms with E-state index in [9.17, 15) is 9.59 Å². The minimum atomic E-state index is -1.12. The molecule has 1 aliphatic rings. The van der Waals surface area contributed by atoms with Gasteiger partial charge in [0.05, 0.1) is 5.56 Å². The average molecular weight is 386 g/mol. The maximum atomic E-state index is 12.6. The minimum Gasteiger partial charge on any atom is -0.477 e. The Labute approximate surface area is 159 Å². The Morgan fingerprint density at radius 1 is 1.19 bits per heavy atom. The molecule has 3 aromatic rings. The van der Waals surface area contributed by atoms with Crippen LogP contribution in [0.4, 0.5) is 0 Å². The van der Waals surface area contributed by atoms with E-state index in [1.165, 1.54) is 18.3 Å². The van der Waals surface area contributed by atoms with E-state index in [-0.39, 0.29) is 17.5 Å². The van der Waals surface area contributed by atoms with Gasteiger partial charge in [-0.05, 0) is 43.2 Å². The van der Waals surface area contributed by atoms with Crippen LogP contribution in [-0.4, -0.2) is 44.9 Å². The number of benzene rings is 1. The first-order valence-electron chi connectivity index (χ1n) is 8.56. The summed E-state index contributed by atoms with van der Waals surface area (Å²) >= 11 is 5.99. The van der Waals surface area contributed by atoms with Gasteiger partial charge in [0.25, 0.3) is 5.91 Å². The van der Waals surface area contributed by atoms with Crippen molar-refractivity contribution in [3.05, 3.63) is 58.7 Å². The summed E-state index contributed by atoms with van der Waals surface area (Å²) in [7, 11) is 0. The van der Waals surface area contributed by atoms with Crippen LogP contribution in [0.25, 0.3) is 11.1 Å². The number of halogens is 1. The number of likely N-dealkylation sites (tertiary alicyclic amines) is 1. The predicted molar refractivity (Wildman–Crippen MR) is 98.1 cm³/mol. The Hall–Kier alpha value is -2.93. The standard InChI is InChI=1S/C19H16ClN3O4/c20-13-2-4-16-15(9-13)22-17(27-16)11-5-7-23(8-6-11)18(24)12-1-3-14(19(25)26)21-10-12/h1-4,9-11H,5-8H2,(H,25,26). The normalized spacial score (nSPS) is 15.2. The lowest BCUT2D eigenvalue weighted by atomic mass is 9.96. The lowest BCUT2D eigenvalue weighted by molar-refractivity contribution is 0.0681. The van der Waals surface area contributed by atoms with Crippen LogP contribution in [0.15, 0.2) is 40.9 Å². The van der Waals surface area contributed by atoms with Gasteiger partial charge in [-0.25, -0.2) is 14.8 Å². The molecule has 4 rings (SSSR count). The largest absolute Gasteiger partial charge is 0.477 e. The van der Waals surface area contributed by atoms with Crippen LogP contribution >= 0.6 is 11.6 Å². The number of carboxylic acids is 1. The fraction of sp³-hybridized carbons (Fsp3) is 0.263. The number of oxazole rings is 1. The number of hydrogen-bond donors (Lipinski definition) is 1. The van der Waals surface area contributed by atoms with E-state index in [1.54, 1.807) is 23.1 Å². The van der Waals surface area contributed by atoms with Gasteiger partial charge in [-0.15, -0.1) is 0 Å². The van der Waals surface area contributed by atoms with Crippen LogP contribution in [0.2, 0.25) is 5.02 Å². The van der Waals surface area contributed by atoms with Crippen LogP contribution in [0.1, 0.15) is 45.5 Å². The lowest BCUT2D eigenvalue weighted by Gasteiger charge is -2.30. The van der Waals surface area contributed by atoms with E-state index in [0.717, 1.165) is 18.4 Å². The zero-order chi connectivity index (χ0) is 19.0. The smallest absolute Gasteiger partial charge is 0.354 e. The number of rotatable bonds is 3. The summed E-state index contributed by atoms with van der Waals surface area (Å²) in [6.45, 7) is 1.15. The Bertz CT molecular complexity index is 1010. The Morgan fingerprint density at radius 2 is 1.96 bits per heavy atom. The van der Waals surface area contributed by atoms with Crippen molar-refractivity contribution >= 4 is 34.6 Å². The highest BCUT2D eigenvalue weighted by Gasteiger charge is 2.27. The van der Waals surface area contributed by atoms with Gasteiger partial charge >= 0.3 is 5.97 Å². The first-order valence-corrected chi connectivity index (χ1v) is 8.93. The number of carbonyl (C=O) groups excluding carboxylic acids is 1. The number of nitrogens with zero attached hydrogens (tertiary/aromatic N) is 3. The summed E-state index contributed by atoms with van der Waals surface area (Å²) in [4.78, 5) is 33.5. The third-order valence-corrected chi connectivity index (χ3v) is 4.96. The van der Waals surface area contributed by atoms with E-state index < -0.39 is 5.97 Å². The number of fused-ring (bicyclic) bond motifs is 1. The third kappa shape index (κ3) is 3.50. The fourth-order valence-electron chi connectivity index (χ4n) is 3.25. The highest BCUT2D eigenvalue weighted by atomic mass is 35.5. The molecule has 1 aliphatic heterocycles. The van der Waals surface area contributed by atoms with E-state index in [2.05, 4.69) is 9.97 Å². The van der Waals surface area contributed by atoms with Crippen molar-refractivity contribution in [1.29, 1.82) is 0 Å². The Balaban J connectivity index is 1.43. The second-order valence-corrected chi connectivity index (χ2v) is 6.90. The molecule has 0 saturated carbocycles. The highest BCUT2D eigenvalue weighted by Crippen LogP contribution is 2.31. The van der Waals surface area contributed by atoms with E-state index in [0.29, 0.717) is 35.1 Å². The molecule has 3 heterocycles. The topological polar surface area (TPSA) is 96.5 Å². The molecule has 0 spiro atoms. The van der Waals surface area contributed by atoms with E-state index >= 15 is 0 Å². The molecular weight excluding hydrogens is 370 g/mol. The van der Waals surface area contributed by atoms with Gasteiger partial charge < -0.3 is 14.4 Å². The monoisotopic (exact) mass is 385 g/mol. The van der Waals surface area contributed by atoms with Gasteiger partial charge in [0.2, 0.25) is 0 Å². The summed E-state index contributed by atoms with van der Waals surface area (Å²) < 4.78 is 5.84. The van der Waals surface area contributed by atoms with Crippen molar-refractivity contribution in [2.75, 3.05) is 13.1 Å². The quantitative estimate of drug-likeness (QED) is 0.740. The molecule has 0 radical (unpaired) electrons. The van der Waals surface area contributed by atoms with Crippen molar-refractivity contribution in [3.63, 3.8) is 0 Å². The number of carboxylic acid groups (broad SMARTS) is 1. The SMILES string of the molecule is O=C(O)c1ccc(C(=O)N2CCC(c3nc4cc(Cl)ccc4o3)CC2)cn1. The number of pyridine rings is 1. The lowest BCUT2D eigenvalue weighted by Crippen LogP contribution is -2.38. The molecule has 7 nitrogen and oxygen atoms in total. The van der Waals surface area contributed by atoms with E-state index in [4.69, 9.17) is 21.1 Å². The molecule has 0 atom stereocenters. The fourth-order valence-corrected chi connectivity index (χ4v) is 3.42. The van der Waals surface area contributed by atoms with Crippen LogP contribution < -0.4 is 0 Å². The summed E-state index contributed by atoms with van der Waals surface area (Å²) in [5.74, 6) is -0.448. The molecule has 2 aromatic heterocycles. The minimum absolute atomic E-state index is 0.0821. The molecule has 138 valence electrons. The number of hydrogen-bond acceptors (Lipinski definition) is 5. The molecular formula is C19H16ClN3O4. The summed E-state index contributed by atoms with van der Waals surface area (Å²) in [5.41, 5.74) is 1.74. The number of carbonyl (C=O) groups is 2. The number of aromatic nitrogens is 2. The maximum absolute atomic E-state index is 12.6. The molecule has 1 N–H and O–H groups in total. The van der Waals surface area contributed by atoms with Crippen LogP contribution in [-0.2, 0) is 0 Å². The molecule has 1 aromatic carbocycles. The van der Waals surface area contributed by atoms with Crippen molar-refractivity contribution < 1.29 is 19.1 Å².